The number of amides is 1. The van der Waals surface area contributed by atoms with E-state index in [1.54, 1.807) is 7.05 Å². The van der Waals surface area contributed by atoms with Gasteiger partial charge >= 0.3 is 0 Å². The molecule has 4 nitrogen and oxygen atoms in total. The predicted molar refractivity (Wildman–Crippen MR) is 61.5 cm³/mol. The van der Waals surface area contributed by atoms with Crippen LogP contribution in [-0.4, -0.2) is 31.6 Å². The van der Waals surface area contributed by atoms with Gasteiger partial charge in [-0.2, -0.15) is 0 Å². The molecule has 0 heterocycles. The van der Waals surface area contributed by atoms with Crippen LogP contribution in [0.1, 0.15) is 32.6 Å². The normalized spacial score (nSPS) is 28.5. The Hall–Kier alpha value is -0.610. The Labute approximate surface area is 92.0 Å². The first-order valence-corrected chi connectivity index (χ1v) is 5.86. The zero-order valence-corrected chi connectivity index (χ0v) is 9.75. The Morgan fingerprint density at radius 1 is 1.47 bits per heavy atom. The molecule has 0 saturated heterocycles. The zero-order chi connectivity index (χ0) is 11.3. The lowest BCUT2D eigenvalue weighted by molar-refractivity contribution is -0.122. The van der Waals surface area contributed by atoms with Crippen LogP contribution in [0.2, 0.25) is 0 Å². The molecule has 1 amide bonds. The first-order chi connectivity index (χ1) is 7.19. The van der Waals surface area contributed by atoms with Crippen LogP contribution in [0.15, 0.2) is 0 Å². The number of rotatable bonds is 4. The maximum absolute atomic E-state index is 11.4. The Morgan fingerprint density at radius 3 is 2.73 bits per heavy atom. The molecule has 4 N–H and O–H groups in total. The SMILES string of the molecule is CNC(=O)C(C)NC1CCCCC1CN. The summed E-state index contributed by atoms with van der Waals surface area (Å²) < 4.78 is 0. The van der Waals surface area contributed by atoms with Crippen molar-refractivity contribution in [3.05, 3.63) is 0 Å². The van der Waals surface area contributed by atoms with Crippen molar-refractivity contribution in [2.45, 2.75) is 44.7 Å². The Morgan fingerprint density at radius 2 is 2.13 bits per heavy atom. The van der Waals surface area contributed by atoms with Gasteiger partial charge in [-0.3, -0.25) is 4.79 Å². The van der Waals surface area contributed by atoms with Crippen LogP contribution in [0, 0.1) is 5.92 Å². The average molecular weight is 213 g/mol. The summed E-state index contributed by atoms with van der Waals surface area (Å²) >= 11 is 0. The summed E-state index contributed by atoms with van der Waals surface area (Å²) in [5.41, 5.74) is 5.74. The molecule has 1 fully saturated rings. The standard InChI is InChI=1S/C11H23N3O/c1-8(11(15)13-2)14-10-6-4-3-5-9(10)7-12/h8-10,14H,3-7,12H2,1-2H3,(H,13,15). The van der Waals surface area contributed by atoms with Crippen LogP contribution < -0.4 is 16.4 Å². The lowest BCUT2D eigenvalue weighted by atomic mass is 9.84. The first-order valence-electron chi connectivity index (χ1n) is 5.86. The molecule has 1 aliphatic carbocycles. The summed E-state index contributed by atoms with van der Waals surface area (Å²) in [6.07, 6.45) is 4.85. The Balaban J connectivity index is 2.43. The van der Waals surface area contributed by atoms with Crippen molar-refractivity contribution < 1.29 is 4.79 Å². The third-order valence-electron chi connectivity index (χ3n) is 3.32. The number of nitrogens with one attached hydrogen (secondary N) is 2. The van der Waals surface area contributed by atoms with Gasteiger partial charge in [0.2, 0.25) is 5.91 Å². The molecule has 0 bridgehead atoms. The number of likely N-dealkylation sites (N-methyl/N-ethyl adjacent to an activating group) is 1. The van der Waals surface area contributed by atoms with Crippen molar-refractivity contribution in [1.29, 1.82) is 0 Å². The van der Waals surface area contributed by atoms with Gasteiger partial charge in [0.25, 0.3) is 0 Å². The second-order valence-corrected chi connectivity index (χ2v) is 4.39. The van der Waals surface area contributed by atoms with E-state index < -0.39 is 0 Å². The third-order valence-corrected chi connectivity index (χ3v) is 3.32. The molecule has 1 rings (SSSR count). The van der Waals surface area contributed by atoms with Crippen LogP contribution in [0.5, 0.6) is 0 Å². The number of nitrogens with two attached hydrogens (primary N) is 1. The number of carbonyl (C=O) groups is 1. The minimum atomic E-state index is -0.118. The van der Waals surface area contributed by atoms with Crippen LogP contribution in [0.25, 0.3) is 0 Å². The van der Waals surface area contributed by atoms with Crippen LogP contribution in [0.4, 0.5) is 0 Å². The smallest absolute Gasteiger partial charge is 0.236 e. The van der Waals surface area contributed by atoms with Crippen LogP contribution >= 0.6 is 0 Å². The van der Waals surface area contributed by atoms with Crippen molar-refractivity contribution in [2.75, 3.05) is 13.6 Å². The van der Waals surface area contributed by atoms with E-state index in [4.69, 9.17) is 5.73 Å². The monoisotopic (exact) mass is 213 g/mol. The Kier molecular flexibility index (Phi) is 5.05. The molecule has 88 valence electrons. The second-order valence-electron chi connectivity index (χ2n) is 4.39. The largest absolute Gasteiger partial charge is 0.358 e. The van der Waals surface area contributed by atoms with E-state index >= 15 is 0 Å². The molecule has 1 saturated carbocycles. The maximum Gasteiger partial charge on any atom is 0.236 e. The highest BCUT2D eigenvalue weighted by Crippen LogP contribution is 2.23. The summed E-state index contributed by atoms with van der Waals surface area (Å²) in [5.74, 6) is 0.585. The molecule has 0 spiro atoms. The van der Waals surface area contributed by atoms with E-state index in [0.717, 1.165) is 13.0 Å². The topological polar surface area (TPSA) is 67.2 Å². The molecule has 15 heavy (non-hydrogen) atoms. The summed E-state index contributed by atoms with van der Waals surface area (Å²) in [6, 6.07) is 0.295. The molecule has 0 aromatic rings. The molecular formula is C11H23N3O. The summed E-state index contributed by atoms with van der Waals surface area (Å²) in [7, 11) is 1.67. The van der Waals surface area contributed by atoms with E-state index in [9.17, 15) is 4.79 Å². The van der Waals surface area contributed by atoms with Gasteiger partial charge in [0.05, 0.1) is 6.04 Å². The van der Waals surface area contributed by atoms with Crippen molar-refractivity contribution in [1.82, 2.24) is 10.6 Å². The predicted octanol–water partition coefficient (Wildman–Crippen LogP) is 0.228. The first kappa shape index (κ1) is 12.5. The minimum absolute atomic E-state index is 0.0522. The number of hydrogen-bond acceptors (Lipinski definition) is 3. The fourth-order valence-corrected chi connectivity index (χ4v) is 2.32. The van der Waals surface area contributed by atoms with Gasteiger partial charge < -0.3 is 16.4 Å². The van der Waals surface area contributed by atoms with Gasteiger partial charge in [-0.1, -0.05) is 12.8 Å². The molecular weight excluding hydrogens is 190 g/mol. The van der Waals surface area contributed by atoms with E-state index in [0.29, 0.717) is 12.0 Å². The molecule has 0 aliphatic heterocycles. The molecule has 4 heteroatoms. The van der Waals surface area contributed by atoms with Crippen LogP contribution in [0.3, 0.4) is 0 Å². The van der Waals surface area contributed by atoms with E-state index in [-0.39, 0.29) is 11.9 Å². The Bertz CT molecular complexity index is 208. The minimum Gasteiger partial charge on any atom is -0.358 e. The highest BCUT2D eigenvalue weighted by Gasteiger charge is 2.26. The van der Waals surface area contributed by atoms with Gasteiger partial charge in [-0.15, -0.1) is 0 Å². The van der Waals surface area contributed by atoms with Gasteiger partial charge in [-0.25, -0.2) is 0 Å². The highest BCUT2D eigenvalue weighted by molar-refractivity contribution is 5.80. The quantitative estimate of drug-likeness (QED) is 0.626. The maximum atomic E-state index is 11.4. The van der Waals surface area contributed by atoms with Gasteiger partial charge in [-0.05, 0) is 32.2 Å². The molecule has 1 aliphatic rings. The number of carbonyl (C=O) groups excluding carboxylic acids is 1. The van der Waals surface area contributed by atoms with Crippen molar-refractivity contribution >= 4 is 5.91 Å². The summed E-state index contributed by atoms with van der Waals surface area (Å²) in [4.78, 5) is 11.4. The fraction of sp³-hybridized carbons (Fsp3) is 0.909. The molecule has 0 radical (unpaired) electrons. The molecule has 3 atom stereocenters. The molecule has 3 unspecified atom stereocenters. The van der Waals surface area contributed by atoms with Crippen LogP contribution in [-0.2, 0) is 4.79 Å². The fourth-order valence-electron chi connectivity index (χ4n) is 2.32. The lowest BCUT2D eigenvalue weighted by Gasteiger charge is -2.33. The molecule has 0 aromatic carbocycles. The molecule has 0 aromatic heterocycles. The van der Waals surface area contributed by atoms with E-state index in [1.807, 2.05) is 6.92 Å². The van der Waals surface area contributed by atoms with Crippen molar-refractivity contribution in [3.63, 3.8) is 0 Å². The average Bonchev–Trinajstić information content (AvgIpc) is 2.28. The van der Waals surface area contributed by atoms with E-state index in [2.05, 4.69) is 10.6 Å². The van der Waals surface area contributed by atoms with E-state index in [1.165, 1.54) is 19.3 Å². The number of hydrogen-bond donors (Lipinski definition) is 3. The lowest BCUT2D eigenvalue weighted by Crippen LogP contribution is -2.50. The second kappa shape index (κ2) is 6.08. The van der Waals surface area contributed by atoms with Crippen molar-refractivity contribution in [2.24, 2.45) is 11.7 Å². The zero-order valence-electron chi connectivity index (χ0n) is 9.75. The summed E-state index contributed by atoms with van der Waals surface area (Å²) in [6.45, 7) is 2.62. The third kappa shape index (κ3) is 3.47. The van der Waals surface area contributed by atoms with Crippen molar-refractivity contribution in [3.8, 4) is 0 Å². The highest BCUT2D eigenvalue weighted by atomic mass is 16.2. The van der Waals surface area contributed by atoms with Gasteiger partial charge in [0.15, 0.2) is 0 Å². The van der Waals surface area contributed by atoms with Gasteiger partial charge in [0.1, 0.15) is 0 Å². The van der Waals surface area contributed by atoms with Gasteiger partial charge in [0, 0.05) is 13.1 Å². The summed E-state index contributed by atoms with van der Waals surface area (Å²) in [5, 5.41) is 6.03.